The molecular weight excluding hydrogens is 122 g/mol. The van der Waals surface area contributed by atoms with E-state index in [2.05, 4.69) is 12.2 Å². The highest BCUT2D eigenvalue weighted by Crippen LogP contribution is 2.17. The first kappa shape index (κ1) is 8.06. The summed E-state index contributed by atoms with van der Waals surface area (Å²) in [4.78, 5) is 0. The first-order valence-corrected chi connectivity index (χ1v) is 4.46. The number of unbranched alkanes of at least 4 members (excludes halogenated alkanes) is 1. The zero-order valence-electron chi connectivity index (χ0n) is 6.73. The van der Waals surface area contributed by atoms with Crippen LogP contribution in [0.3, 0.4) is 0 Å². The van der Waals surface area contributed by atoms with Crippen LogP contribution < -0.4 is 5.32 Å². The number of hydrogen-bond acceptors (Lipinski definition) is 1. The molecule has 1 nitrogen and oxygen atoms in total. The Labute approximate surface area is 64.2 Å². The minimum atomic E-state index is 0.839. The lowest BCUT2D eigenvalue weighted by Crippen LogP contribution is -2.26. The molecule has 0 saturated heterocycles. The van der Waals surface area contributed by atoms with Crippen molar-refractivity contribution in [3.63, 3.8) is 0 Å². The number of rotatable bonds is 4. The lowest BCUT2D eigenvalue weighted by molar-refractivity contribution is 0.516. The molecule has 0 aliphatic heterocycles. The topological polar surface area (TPSA) is 12.0 Å². The van der Waals surface area contributed by atoms with Crippen molar-refractivity contribution in [1.82, 2.24) is 5.32 Å². The molecule has 1 heteroatoms. The van der Waals surface area contributed by atoms with Crippen molar-refractivity contribution in [2.75, 3.05) is 6.54 Å². The first-order chi connectivity index (χ1) is 4.93. The van der Waals surface area contributed by atoms with Gasteiger partial charge in [-0.1, -0.05) is 26.2 Å². The molecule has 1 radical (unpaired) electrons. The highest BCUT2D eigenvalue weighted by molar-refractivity contribution is 4.73. The maximum atomic E-state index is 3.81. The predicted molar refractivity (Wildman–Crippen MR) is 44.8 cm³/mol. The van der Waals surface area contributed by atoms with Gasteiger partial charge < -0.3 is 5.32 Å². The molecule has 1 rings (SSSR count). The third-order valence-electron chi connectivity index (χ3n) is 2.21. The summed E-state index contributed by atoms with van der Waals surface area (Å²) >= 11 is 0. The van der Waals surface area contributed by atoms with E-state index in [9.17, 15) is 0 Å². The molecule has 0 aromatic heterocycles. The van der Waals surface area contributed by atoms with Crippen molar-refractivity contribution < 1.29 is 0 Å². The molecule has 1 aliphatic carbocycles. The second-order valence-corrected chi connectivity index (χ2v) is 3.14. The van der Waals surface area contributed by atoms with Gasteiger partial charge in [-0.05, 0) is 25.8 Å². The van der Waals surface area contributed by atoms with Gasteiger partial charge >= 0.3 is 0 Å². The summed E-state index contributed by atoms with van der Waals surface area (Å²) in [5, 5.41) is 3.54. The second-order valence-electron chi connectivity index (χ2n) is 3.14. The number of hydrogen-bond donors (Lipinski definition) is 1. The van der Waals surface area contributed by atoms with Crippen molar-refractivity contribution in [3.8, 4) is 0 Å². The van der Waals surface area contributed by atoms with Gasteiger partial charge in [0.25, 0.3) is 0 Å². The molecule has 1 N–H and O–H groups in total. The summed E-state index contributed by atoms with van der Waals surface area (Å²) < 4.78 is 0. The van der Waals surface area contributed by atoms with Crippen LogP contribution in [0.25, 0.3) is 0 Å². The summed E-state index contributed by atoms with van der Waals surface area (Å²) in [5.41, 5.74) is 0. The summed E-state index contributed by atoms with van der Waals surface area (Å²) in [7, 11) is 0. The van der Waals surface area contributed by atoms with E-state index in [1.54, 1.807) is 0 Å². The minimum absolute atomic E-state index is 0.839. The molecule has 0 amide bonds. The Morgan fingerprint density at radius 1 is 1.30 bits per heavy atom. The largest absolute Gasteiger partial charge is 0.314 e. The molecule has 0 aromatic rings. The molecule has 0 atom stereocenters. The van der Waals surface area contributed by atoms with Crippen LogP contribution in [-0.2, 0) is 0 Å². The van der Waals surface area contributed by atoms with Crippen LogP contribution in [0.15, 0.2) is 0 Å². The first-order valence-electron chi connectivity index (χ1n) is 4.46. The van der Waals surface area contributed by atoms with Crippen LogP contribution in [0, 0.1) is 6.92 Å². The molecule has 59 valence electrons. The average Bonchev–Trinajstić information content (AvgIpc) is 2.41. The van der Waals surface area contributed by atoms with Crippen LogP contribution in [0.1, 0.15) is 38.5 Å². The van der Waals surface area contributed by atoms with Gasteiger partial charge in [0.15, 0.2) is 0 Å². The Hall–Kier alpha value is -0.0400. The maximum Gasteiger partial charge on any atom is 0.00670 e. The molecule has 0 heterocycles. The Bertz CT molecular complexity index is 74.8. The Kier molecular flexibility index (Phi) is 3.81. The Morgan fingerprint density at radius 3 is 2.60 bits per heavy atom. The van der Waals surface area contributed by atoms with Crippen LogP contribution in [0.5, 0.6) is 0 Å². The second kappa shape index (κ2) is 4.73. The van der Waals surface area contributed by atoms with Gasteiger partial charge in [0.05, 0.1) is 0 Å². The van der Waals surface area contributed by atoms with Crippen molar-refractivity contribution in [2.45, 2.75) is 44.6 Å². The summed E-state index contributed by atoms with van der Waals surface area (Å²) in [6.07, 6.45) is 7.97. The van der Waals surface area contributed by atoms with Crippen molar-refractivity contribution >= 4 is 0 Å². The molecule has 0 unspecified atom stereocenters. The van der Waals surface area contributed by atoms with E-state index < -0.39 is 0 Å². The molecule has 10 heavy (non-hydrogen) atoms. The monoisotopic (exact) mass is 140 g/mol. The van der Waals surface area contributed by atoms with Gasteiger partial charge in [0.2, 0.25) is 0 Å². The van der Waals surface area contributed by atoms with E-state index in [0.717, 1.165) is 12.5 Å². The fourth-order valence-electron chi connectivity index (χ4n) is 1.56. The van der Waals surface area contributed by atoms with E-state index in [4.69, 9.17) is 0 Å². The lowest BCUT2D eigenvalue weighted by atomic mass is 10.2. The number of nitrogens with one attached hydrogen (secondary N) is 1. The van der Waals surface area contributed by atoms with Gasteiger partial charge in [-0.2, -0.15) is 0 Å². The van der Waals surface area contributed by atoms with Crippen molar-refractivity contribution in [2.24, 2.45) is 0 Å². The van der Waals surface area contributed by atoms with Gasteiger partial charge in [0, 0.05) is 6.04 Å². The molecule has 0 aromatic carbocycles. The maximum absolute atomic E-state index is 3.81. The van der Waals surface area contributed by atoms with Gasteiger partial charge in [-0.15, -0.1) is 0 Å². The van der Waals surface area contributed by atoms with E-state index in [1.807, 2.05) is 0 Å². The molecular formula is C9H18N. The standard InChI is InChI=1S/C9H18N/c1-2-3-8-10-9-6-4-5-7-9/h9-10H,1-8H2. The summed E-state index contributed by atoms with van der Waals surface area (Å²) in [6, 6.07) is 0.839. The predicted octanol–water partition coefficient (Wildman–Crippen LogP) is 2.13. The summed E-state index contributed by atoms with van der Waals surface area (Å²) in [5.74, 6) is 0. The van der Waals surface area contributed by atoms with Crippen LogP contribution >= 0.6 is 0 Å². The highest BCUT2D eigenvalue weighted by atomic mass is 14.9. The fraction of sp³-hybridized carbons (Fsp3) is 0.889. The quantitative estimate of drug-likeness (QED) is 0.590. The molecule has 0 spiro atoms. The highest BCUT2D eigenvalue weighted by Gasteiger charge is 2.12. The van der Waals surface area contributed by atoms with Crippen molar-refractivity contribution in [1.29, 1.82) is 0 Å². The molecule has 1 saturated carbocycles. The smallest absolute Gasteiger partial charge is 0.00670 e. The van der Waals surface area contributed by atoms with Crippen LogP contribution in [0.2, 0.25) is 0 Å². The van der Waals surface area contributed by atoms with E-state index >= 15 is 0 Å². The van der Waals surface area contributed by atoms with Crippen LogP contribution in [0.4, 0.5) is 0 Å². The van der Waals surface area contributed by atoms with Gasteiger partial charge in [-0.25, -0.2) is 0 Å². The van der Waals surface area contributed by atoms with Crippen molar-refractivity contribution in [3.05, 3.63) is 6.92 Å². The fourth-order valence-corrected chi connectivity index (χ4v) is 1.56. The molecule has 1 fully saturated rings. The molecule has 1 aliphatic rings. The van der Waals surface area contributed by atoms with Gasteiger partial charge in [0.1, 0.15) is 0 Å². The van der Waals surface area contributed by atoms with E-state index in [0.29, 0.717) is 0 Å². The zero-order chi connectivity index (χ0) is 7.23. The van der Waals surface area contributed by atoms with E-state index in [-0.39, 0.29) is 0 Å². The van der Waals surface area contributed by atoms with Gasteiger partial charge in [-0.3, -0.25) is 0 Å². The SMILES string of the molecule is [CH2]CCCNC1CCCC1. The molecule has 0 bridgehead atoms. The zero-order valence-corrected chi connectivity index (χ0v) is 6.73. The van der Waals surface area contributed by atoms with Crippen LogP contribution in [-0.4, -0.2) is 12.6 Å². The lowest BCUT2D eigenvalue weighted by Gasteiger charge is -2.09. The third-order valence-corrected chi connectivity index (χ3v) is 2.21. The third kappa shape index (κ3) is 2.70. The Morgan fingerprint density at radius 2 is 2.00 bits per heavy atom. The van der Waals surface area contributed by atoms with E-state index in [1.165, 1.54) is 38.6 Å². The minimum Gasteiger partial charge on any atom is -0.314 e. The Balaban J connectivity index is 1.91. The normalized spacial score (nSPS) is 20.1. The average molecular weight is 140 g/mol. The summed E-state index contributed by atoms with van der Waals surface area (Å²) in [6.45, 7) is 4.98.